The average Bonchev–Trinajstić information content (AvgIpc) is 2.76. The van der Waals surface area contributed by atoms with Crippen LogP contribution in [0.5, 0.6) is 11.5 Å². The largest absolute Gasteiger partial charge is 0.457 e. The van der Waals surface area contributed by atoms with Crippen LogP contribution >= 0.6 is 23.2 Å². The maximum atomic E-state index is 12.6. The van der Waals surface area contributed by atoms with Gasteiger partial charge in [0.2, 0.25) is 10.0 Å². The third kappa shape index (κ3) is 6.71. The molecule has 1 atom stereocenters. The molecule has 1 amide bonds. The standard InChI is InChI=1S/C23H21Cl2N3O4S/c1-16(23(29)27-26-15-17-8-9-18(24)14-22(17)25)28(33(2,30)31)19-10-12-21(13-11-19)32-20-6-4-3-5-7-20/h3-16H,1-2H3,(H,27,29)/b26-15-/t16-/m0/s1. The zero-order valence-electron chi connectivity index (χ0n) is 17.8. The molecular weight excluding hydrogens is 485 g/mol. The van der Waals surface area contributed by atoms with E-state index in [4.69, 9.17) is 27.9 Å². The molecule has 0 fully saturated rings. The molecule has 0 aliphatic rings. The van der Waals surface area contributed by atoms with Crippen LogP contribution in [0, 0.1) is 0 Å². The Hall–Kier alpha value is -3.07. The van der Waals surface area contributed by atoms with Crippen LogP contribution in [0.2, 0.25) is 10.0 Å². The summed E-state index contributed by atoms with van der Waals surface area (Å²) in [5, 5.41) is 4.71. The molecule has 0 aliphatic carbocycles. The maximum Gasteiger partial charge on any atom is 0.263 e. The van der Waals surface area contributed by atoms with Crippen LogP contribution in [0.1, 0.15) is 12.5 Å². The molecule has 3 aromatic carbocycles. The molecule has 0 saturated heterocycles. The lowest BCUT2D eigenvalue weighted by molar-refractivity contribution is -0.121. The Bertz CT molecular complexity index is 1250. The number of nitrogens with zero attached hydrogens (tertiary/aromatic N) is 2. The molecule has 0 bridgehead atoms. The number of benzene rings is 3. The van der Waals surface area contributed by atoms with E-state index in [1.807, 2.05) is 18.2 Å². The summed E-state index contributed by atoms with van der Waals surface area (Å²) in [4.78, 5) is 12.6. The summed E-state index contributed by atoms with van der Waals surface area (Å²) in [6.07, 6.45) is 2.38. The first-order chi connectivity index (χ1) is 15.6. The highest BCUT2D eigenvalue weighted by Crippen LogP contribution is 2.27. The number of para-hydroxylation sites is 1. The second-order valence-electron chi connectivity index (χ2n) is 7.04. The molecule has 7 nitrogen and oxygen atoms in total. The Kier molecular flexibility index (Phi) is 7.97. The summed E-state index contributed by atoms with van der Waals surface area (Å²) < 4.78 is 31.7. The normalized spacial score (nSPS) is 12.4. The lowest BCUT2D eigenvalue weighted by Gasteiger charge is -2.27. The number of amides is 1. The van der Waals surface area contributed by atoms with Crippen molar-refractivity contribution in [1.82, 2.24) is 5.43 Å². The minimum Gasteiger partial charge on any atom is -0.457 e. The number of carbonyl (C=O) groups excluding carboxylic acids is 1. The molecule has 33 heavy (non-hydrogen) atoms. The second kappa shape index (κ2) is 10.7. The molecule has 0 radical (unpaired) electrons. The van der Waals surface area contributed by atoms with Crippen molar-refractivity contribution >= 4 is 51.0 Å². The van der Waals surface area contributed by atoms with E-state index in [1.165, 1.54) is 13.1 Å². The summed E-state index contributed by atoms with van der Waals surface area (Å²) in [6.45, 7) is 1.47. The van der Waals surface area contributed by atoms with Crippen molar-refractivity contribution in [3.05, 3.63) is 88.4 Å². The van der Waals surface area contributed by atoms with Gasteiger partial charge in [-0.1, -0.05) is 47.5 Å². The van der Waals surface area contributed by atoms with Crippen LogP contribution in [-0.2, 0) is 14.8 Å². The zero-order valence-corrected chi connectivity index (χ0v) is 20.1. The van der Waals surface area contributed by atoms with Crippen LogP contribution in [0.25, 0.3) is 0 Å². The summed E-state index contributed by atoms with van der Waals surface area (Å²) in [5.74, 6) is 0.558. The van der Waals surface area contributed by atoms with E-state index in [0.29, 0.717) is 32.8 Å². The smallest absolute Gasteiger partial charge is 0.263 e. The van der Waals surface area contributed by atoms with Crippen LogP contribution in [0.4, 0.5) is 5.69 Å². The summed E-state index contributed by atoms with van der Waals surface area (Å²) >= 11 is 11.9. The van der Waals surface area contributed by atoms with Crippen molar-refractivity contribution in [2.24, 2.45) is 5.10 Å². The van der Waals surface area contributed by atoms with E-state index >= 15 is 0 Å². The van der Waals surface area contributed by atoms with Gasteiger partial charge in [-0.3, -0.25) is 9.10 Å². The highest BCUT2D eigenvalue weighted by Gasteiger charge is 2.29. The van der Waals surface area contributed by atoms with Gasteiger partial charge in [-0.05, 0) is 55.5 Å². The first kappa shape index (κ1) is 24.6. The summed E-state index contributed by atoms with van der Waals surface area (Å²) in [6, 6.07) is 19.3. The van der Waals surface area contributed by atoms with E-state index in [2.05, 4.69) is 10.5 Å². The van der Waals surface area contributed by atoms with Crippen molar-refractivity contribution in [2.75, 3.05) is 10.6 Å². The molecule has 0 aromatic heterocycles. The maximum absolute atomic E-state index is 12.6. The predicted octanol–water partition coefficient (Wildman–Crippen LogP) is 5.09. The Morgan fingerprint density at radius 3 is 2.27 bits per heavy atom. The van der Waals surface area contributed by atoms with Gasteiger partial charge in [-0.2, -0.15) is 5.10 Å². The first-order valence-electron chi connectivity index (χ1n) is 9.75. The van der Waals surface area contributed by atoms with Crippen LogP contribution in [0.15, 0.2) is 77.9 Å². The first-order valence-corrected chi connectivity index (χ1v) is 12.4. The Labute approximate surface area is 202 Å². The van der Waals surface area contributed by atoms with Gasteiger partial charge in [-0.25, -0.2) is 13.8 Å². The number of nitrogens with one attached hydrogen (secondary N) is 1. The van der Waals surface area contributed by atoms with Gasteiger partial charge in [0.1, 0.15) is 17.5 Å². The highest BCUT2D eigenvalue weighted by atomic mass is 35.5. The number of ether oxygens (including phenoxy) is 1. The molecule has 0 heterocycles. The van der Waals surface area contributed by atoms with E-state index in [-0.39, 0.29) is 0 Å². The lowest BCUT2D eigenvalue weighted by atomic mass is 10.2. The molecule has 172 valence electrons. The van der Waals surface area contributed by atoms with Crippen LogP contribution < -0.4 is 14.5 Å². The number of halogens is 2. The van der Waals surface area contributed by atoms with Crippen LogP contribution in [0.3, 0.4) is 0 Å². The molecule has 0 aliphatic heterocycles. The summed E-state index contributed by atoms with van der Waals surface area (Å²) in [5.41, 5.74) is 3.20. The quantitative estimate of drug-likeness (QED) is 0.341. The molecule has 3 rings (SSSR count). The van der Waals surface area contributed by atoms with E-state index < -0.39 is 22.0 Å². The number of anilines is 1. The zero-order chi connectivity index (χ0) is 24.0. The van der Waals surface area contributed by atoms with E-state index in [0.717, 1.165) is 10.6 Å². The van der Waals surface area contributed by atoms with E-state index in [9.17, 15) is 13.2 Å². The second-order valence-corrected chi connectivity index (χ2v) is 9.75. The van der Waals surface area contributed by atoms with E-state index in [1.54, 1.807) is 54.6 Å². The molecule has 3 aromatic rings. The van der Waals surface area contributed by atoms with Gasteiger partial charge in [0.25, 0.3) is 5.91 Å². The van der Waals surface area contributed by atoms with Gasteiger partial charge in [0.15, 0.2) is 0 Å². The number of hydrazone groups is 1. The Morgan fingerprint density at radius 1 is 1.03 bits per heavy atom. The number of rotatable bonds is 8. The average molecular weight is 506 g/mol. The van der Waals surface area contributed by atoms with Crippen molar-refractivity contribution in [3.8, 4) is 11.5 Å². The molecular formula is C23H21Cl2N3O4S. The number of hydrogen-bond acceptors (Lipinski definition) is 5. The van der Waals surface area contributed by atoms with Crippen LogP contribution in [-0.4, -0.2) is 32.8 Å². The SMILES string of the molecule is C[C@@H](C(=O)N/N=C\c1ccc(Cl)cc1Cl)N(c1ccc(Oc2ccccc2)cc1)S(C)(=O)=O. The Balaban J connectivity index is 1.73. The van der Waals surface area contributed by atoms with Gasteiger partial charge < -0.3 is 4.74 Å². The fraction of sp³-hybridized carbons (Fsp3) is 0.130. The number of sulfonamides is 1. The van der Waals surface area contributed by atoms with Crippen molar-refractivity contribution in [3.63, 3.8) is 0 Å². The molecule has 0 saturated carbocycles. The molecule has 0 unspecified atom stereocenters. The summed E-state index contributed by atoms with van der Waals surface area (Å²) in [7, 11) is -3.78. The lowest BCUT2D eigenvalue weighted by Crippen LogP contribution is -2.46. The highest BCUT2D eigenvalue weighted by molar-refractivity contribution is 7.92. The predicted molar refractivity (Wildman–Crippen MR) is 132 cm³/mol. The molecule has 10 heteroatoms. The minimum atomic E-state index is -3.78. The third-order valence-corrected chi connectivity index (χ3v) is 6.30. The van der Waals surface area contributed by atoms with Crippen molar-refractivity contribution in [2.45, 2.75) is 13.0 Å². The third-order valence-electron chi connectivity index (χ3n) is 4.50. The minimum absolute atomic E-state index is 0.310. The number of carbonyl (C=O) groups is 1. The fourth-order valence-electron chi connectivity index (χ4n) is 2.96. The van der Waals surface area contributed by atoms with Crippen molar-refractivity contribution < 1.29 is 17.9 Å². The topological polar surface area (TPSA) is 88.1 Å². The fourth-order valence-corrected chi connectivity index (χ4v) is 4.59. The number of hydrogen-bond donors (Lipinski definition) is 1. The van der Waals surface area contributed by atoms with Crippen molar-refractivity contribution in [1.29, 1.82) is 0 Å². The van der Waals surface area contributed by atoms with Gasteiger partial charge in [-0.15, -0.1) is 0 Å². The van der Waals surface area contributed by atoms with Gasteiger partial charge in [0.05, 0.1) is 23.2 Å². The molecule has 1 N–H and O–H groups in total. The monoisotopic (exact) mass is 505 g/mol. The Morgan fingerprint density at radius 2 is 1.67 bits per heavy atom. The van der Waals surface area contributed by atoms with Gasteiger partial charge >= 0.3 is 0 Å². The van der Waals surface area contributed by atoms with Gasteiger partial charge in [0, 0.05) is 10.6 Å². The molecule has 0 spiro atoms.